The predicted octanol–water partition coefficient (Wildman–Crippen LogP) is 1.85. The molecule has 0 aliphatic carbocycles. The molecule has 1 heterocycles. The summed E-state index contributed by atoms with van der Waals surface area (Å²) in [5.74, 6) is -1.34. The van der Waals surface area contributed by atoms with E-state index >= 15 is 0 Å². The van der Waals surface area contributed by atoms with Crippen molar-refractivity contribution in [1.82, 2.24) is 5.32 Å². The second-order valence-electron chi connectivity index (χ2n) is 5.93. The van der Waals surface area contributed by atoms with Crippen LogP contribution in [-0.4, -0.2) is 42.3 Å². The van der Waals surface area contributed by atoms with Gasteiger partial charge in [0.2, 0.25) is 5.91 Å². The number of aryl methyl sites for hydroxylation is 1. The van der Waals surface area contributed by atoms with E-state index in [1.807, 2.05) is 32.0 Å². The fourth-order valence-corrected chi connectivity index (χ4v) is 2.60. The molecule has 0 saturated carbocycles. The zero-order valence-corrected chi connectivity index (χ0v) is 13.6. The van der Waals surface area contributed by atoms with Crippen LogP contribution in [0.15, 0.2) is 18.2 Å². The van der Waals surface area contributed by atoms with Crippen LogP contribution in [-0.2, 0) is 14.3 Å². The minimum absolute atomic E-state index is 0.0407. The summed E-state index contributed by atoms with van der Waals surface area (Å²) in [7, 11) is 0. The number of ether oxygens (including phenoxy) is 1. The van der Waals surface area contributed by atoms with Crippen LogP contribution >= 0.6 is 0 Å². The standard InChI is InChI=1S/C17H24N2O4/c1-11-5-3-7-14(12(11)2)19-16(20)9-15(17(21)22)18-10-13-6-4-8-23-13/h3,5,7,13,15,18H,4,6,8-10H2,1-2H3,(H,19,20)(H,21,22). The van der Waals surface area contributed by atoms with Gasteiger partial charge < -0.3 is 20.5 Å². The van der Waals surface area contributed by atoms with Crippen molar-refractivity contribution in [2.24, 2.45) is 0 Å². The molecule has 2 unspecified atom stereocenters. The van der Waals surface area contributed by atoms with Crippen molar-refractivity contribution in [3.05, 3.63) is 29.3 Å². The number of rotatable bonds is 7. The van der Waals surface area contributed by atoms with E-state index in [-0.39, 0.29) is 18.4 Å². The zero-order chi connectivity index (χ0) is 16.8. The second-order valence-corrected chi connectivity index (χ2v) is 5.93. The van der Waals surface area contributed by atoms with E-state index in [0.717, 1.165) is 36.3 Å². The lowest BCUT2D eigenvalue weighted by Gasteiger charge is -2.17. The molecule has 6 heteroatoms. The van der Waals surface area contributed by atoms with Crippen LogP contribution in [0.25, 0.3) is 0 Å². The van der Waals surface area contributed by atoms with Crippen LogP contribution in [0, 0.1) is 13.8 Å². The normalized spacial score (nSPS) is 18.6. The molecular formula is C17H24N2O4. The van der Waals surface area contributed by atoms with E-state index in [0.29, 0.717) is 6.54 Å². The van der Waals surface area contributed by atoms with E-state index in [2.05, 4.69) is 10.6 Å². The van der Waals surface area contributed by atoms with E-state index < -0.39 is 12.0 Å². The van der Waals surface area contributed by atoms with Gasteiger partial charge in [0.1, 0.15) is 6.04 Å². The number of aliphatic carboxylic acids is 1. The number of anilines is 1. The molecule has 0 aromatic heterocycles. The summed E-state index contributed by atoms with van der Waals surface area (Å²) in [4.78, 5) is 23.5. The highest BCUT2D eigenvalue weighted by molar-refractivity contribution is 5.94. The first-order valence-electron chi connectivity index (χ1n) is 7.91. The number of amides is 1. The number of carboxylic acids is 1. The maximum Gasteiger partial charge on any atom is 0.321 e. The smallest absolute Gasteiger partial charge is 0.321 e. The molecule has 1 aromatic rings. The Morgan fingerprint density at radius 1 is 1.39 bits per heavy atom. The lowest BCUT2D eigenvalue weighted by atomic mass is 10.1. The van der Waals surface area contributed by atoms with E-state index in [4.69, 9.17) is 4.74 Å². The maximum atomic E-state index is 12.1. The van der Waals surface area contributed by atoms with Gasteiger partial charge in [-0.2, -0.15) is 0 Å². The first-order chi connectivity index (χ1) is 11.0. The molecule has 0 bridgehead atoms. The molecule has 23 heavy (non-hydrogen) atoms. The Bertz CT molecular complexity index is 568. The van der Waals surface area contributed by atoms with E-state index in [1.165, 1.54) is 0 Å². The van der Waals surface area contributed by atoms with Gasteiger partial charge in [0.15, 0.2) is 0 Å². The minimum Gasteiger partial charge on any atom is -0.480 e. The summed E-state index contributed by atoms with van der Waals surface area (Å²) in [6.07, 6.45) is 1.85. The number of carbonyl (C=O) groups excluding carboxylic acids is 1. The van der Waals surface area contributed by atoms with Crippen molar-refractivity contribution in [3.8, 4) is 0 Å². The summed E-state index contributed by atoms with van der Waals surface area (Å²) in [5.41, 5.74) is 2.78. The highest BCUT2D eigenvalue weighted by Crippen LogP contribution is 2.18. The monoisotopic (exact) mass is 320 g/mol. The molecule has 126 valence electrons. The molecule has 1 amide bonds. The molecule has 1 fully saturated rings. The van der Waals surface area contributed by atoms with Gasteiger partial charge in [0, 0.05) is 18.8 Å². The summed E-state index contributed by atoms with van der Waals surface area (Å²) in [6, 6.07) is 4.73. The zero-order valence-electron chi connectivity index (χ0n) is 13.6. The Kier molecular flexibility index (Phi) is 6.12. The van der Waals surface area contributed by atoms with Crippen molar-refractivity contribution < 1.29 is 19.4 Å². The Morgan fingerprint density at radius 3 is 2.83 bits per heavy atom. The fraction of sp³-hybridized carbons (Fsp3) is 0.529. The summed E-state index contributed by atoms with van der Waals surface area (Å²) < 4.78 is 5.46. The Labute approximate surface area is 136 Å². The Morgan fingerprint density at radius 2 is 2.17 bits per heavy atom. The van der Waals surface area contributed by atoms with Crippen molar-refractivity contribution in [2.45, 2.75) is 45.3 Å². The number of carboxylic acid groups (broad SMARTS) is 1. The van der Waals surface area contributed by atoms with E-state index in [1.54, 1.807) is 0 Å². The van der Waals surface area contributed by atoms with Crippen molar-refractivity contribution in [2.75, 3.05) is 18.5 Å². The van der Waals surface area contributed by atoms with Gasteiger partial charge in [-0.25, -0.2) is 0 Å². The minimum atomic E-state index is -1.03. The molecule has 0 spiro atoms. The highest BCUT2D eigenvalue weighted by Gasteiger charge is 2.24. The van der Waals surface area contributed by atoms with Gasteiger partial charge in [-0.05, 0) is 43.9 Å². The van der Waals surface area contributed by atoms with Gasteiger partial charge in [-0.15, -0.1) is 0 Å². The van der Waals surface area contributed by atoms with Gasteiger partial charge >= 0.3 is 5.97 Å². The summed E-state index contributed by atoms with van der Waals surface area (Å²) in [6.45, 7) is 5.06. The van der Waals surface area contributed by atoms with Gasteiger partial charge in [0.25, 0.3) is 0 Å². The second kappa shape index (κ2) is 8.08. The first-order valence-corrected chi connectivity index (χ1v) is 7.91. The lowest BCUT2D eigenvalue weighted by molar-refractivity contribution is -0.141. The highest BCUT2D eigenvalue weighted by atomic mass is 16.5. The van der Waals surface area contributed by atoms with Gasteiger partial charge in [0.05, 0.1) is 12.5 Å². The topological polar surface area (TPSA) is 87.7 Å². The Balaban J connectivity index is 1.89. The molecular weight excluding hydrogens is 296 g/mol. The maximum absolute atomic E-state index is 12.1. The van der Waals surface area contributed by atoms with Crippen molar-refractivity contribution in [3.63, 3.8) is 0 Å². The molecule has 0 radical (unpaired) electrons. The van der Waals surface area contributed by atoms with Gasteiger partial charge in [-0.1, -0.05) is 12.1 Å². The van der Waals surface area contributed by atoms with Crippen LogP contribution in [0.3, 0.4) is 0 Å². The average Bonchev–Trinajstić information content (AvgIpc) is 3.01. The quantitative estimate of drug-likeness (QED) is 0.714. The fourth-order valence-electron chi connectivity index (χ4n) is 2.60. The van der Waals surface area contributed by atoms with Crippen LogP contribution in [0.5, 0.6) is 0 Å². The average molecular weight is 320 g/mol. The molecule has 1 aliphatic rings. The van der Waals surface area contributed by atoms with Crippen LogP contribution in [0.1, 0.15) is 30.4 Å². The first kappa shape index (κ1) is 17.4. The summed E-state index contributed by atoms with van der Waals surface area (Å²) in [5, 5.41) is 15.0. The molecule has 1 aliphatic heterocycles. The third-order valence-electron chi connectivity index (χ3n) is 4.18. The number of hydrogen-bond donors (Lipinski definition) is 3. The number of nitrogens with one attached hydrogen (secondary N) is 2. The number of carbonyl (C=O) groups is 2. The van der Waals surface area contributed by atoms with Crippen molar-refractivity contribution >= 4 is 17.6 Å². The summed E-state index contributed by atoms with van der Waals surface area (Å²) >= 11 is 0. The van der Waals surface area contributed by atoms with E-state index in [9.17, 15) is 14.7 Å². The SMILES string of the molecule is Cc1cccc(NC(=O)CC(NCC2CCCO2)C(=O)O)c1C. The molecule has 2 atom stereocenters. The third kappa shape index (κ3) is 5.04. The number of benzene rings is 1. The largest absolute Gasteiger partial charge is 0.480 e. The molecule has 3 N–H and O–H groups in total. The predicted molar refractivity (Wildman–Crippen MR) is 87.6 cm³/mol. The third-order valence-corrected chi connectivity index (χ3v) is 4.18. The molecule has 6 nitrogen and oxygen atoms in total. The van der Waals surface area contributed by atoms with Crippen molar-refractivity contribution in [1.29, 1.82) is 0 Å². The molecule has 1 aromatic carbocycles. The van der Waals surface area contributed by atoms with Crippen LogP contribution in [0.2, 0.25) is 0 Å². The molecule has 2 rings (SSSR count). The number of hydrogen-bond acceptors (Lipinski definition) is 4. The Hall–Kier alpha value is -1.92. The van der Waals surface area contributed by atoms with Gasteiger partial charge in [-0.3, -0.25) is 9.59 Å². The lowest BCUT2D eigenvalue weighted by Crippen LogP contribution is -2.43. The molecule has 1 saturated heterocycles. The van der Waals surface area contributed by atoms with Crippen LogP contribution < -0.4 is 10.6 Å². The van der Waals surface area contributed by atoms with Crippen LogP contribution in [0.4, 0.5) is 5.69 Å².